The van der Waals surface area contributed by atoms with Crippen molar-refractivity contribution in [2.75, 3.05) is 26.2 Å². The summed E-state index contributed by atoms with van der Waals surface area (Å²) in [4.78, 5) is 2.10. The molecule has 0 spiro atoms. The SMILES string of the molecule is Cl.FC(F)C[C@@H](c1cc(Cl)ccc1Br)N1CCNCC1. The summed E-state index contributed by atoms with van der Waals surface area (Å²) in [5.74, 6) is 0. The molecule has 20 heavy (non-hydrogen) atoms. The molecule has 2 nitrogen and oxygen atoms in total. The summed E-state index contributed by atoms with van der Waals surface area (Å²) in [6.07, 6.45) is -2.50. The number of halogens is 5. The average Bonchev–Trinajstić information content (AvgIpc) is 2.40. The number of alkyl halides is 2. The van der Waals surface area contributed by atoms with Crippen molar-refractivity contribution >= 4 is 39.9 Å². The zero-order chi connectivity index (χ0) is 13.8. The molecule has 0 aliphatic carbocycles. The molecule has 1 aromatic carbocycles. The first-order valence-corrected chi connectivity index (χ1v) is 7.43. The Morgan fingerprint density at radius 3 is 2.55 bits per heavy atom. The summed E-state index contributed by atoms with van der Waals surface area (Å²) in [7, 11) is 0. The van der Waals surface area contributed by atoms with E-state index in [1.54, 1.807) is 12.1 Å². The Hall–Kier alpha value is 0.0600. The predicted octanol–water partition coefficient (Wildman–Crippen LogP) is 4.13. The zero-order valence-electron chi connectivity index (χ0n) is 10.8. The van der Waals surface area contributed by atoms with Gasteiger partial charge in [-0.05, 0) is 23.8 Å². The van der Waals surface area contributed by atoms with E-state index in [2.05, 4.69) is 26.1 Å². The van der Waals surface area contributed by atoms with Crippen molar-refractivity contribution in [2.24, 2.45) is 0 Å². The van der Waals surface area contributed by atoms with Gasteiger partial charge in [0.15, 0.2) is 0 Å². The van der Waals surface area contributed by atoms with Crippen LogP contribution in [0.5, 0.6) is 0 Å². The molecule has 0 amide bonds. The molecule has 1 N–H and O–H groups in total. The molecule has 0 aromatic heterocycles. The van der Waals surface area contributed by atoms with Gasteiger partial charge in [0, 0.05) is 48.1 Å². The monoisotopic (exact) mass is 388 g/mol. The van der Waals surface area contributed by atoms with Gasteiger partial charge in [-0.1, -0.05) is 27.5 Å². The molecule has 1 aliphatic heterocycles. The first kappa shape index (κ1) is 18.1. The number of nitrogens with zero attached hydrogens (tertiary/aromatic N) is 1. The standard InChI is InChI=1S/C13H16BrClF2N2.ClH/c14-11-2-1-9(15)7-10(11)12(8-13(16)17)19-5-3-18-4-6-19;/h1-2,7,12-13,18H,3-6,8H2;1H/t12-;/m0./s1. The highest BCUT2D eigenvalue weighted by Crippen LogP contribution is 2.34. The van der Waals surface area contributed by atoms with Crippen LogP contribution >= 0.6 is 39.9 Å². The first-order chi connectivity index (χ1) is 9.08. The van der Waals surface area contributed by atoms with Crippen molar-refractivity contribution in [1.29, 1.82) is 0 Å². The van der Waals surface area contributed by atoms with Gasteiger partial charge in [0.1, 0.15) is 0 Å². The van der Waals surface area contributed by atoms with Gasteiger partial charge < -0.3 is 5.32 Å². The number of nitrogens with one attached hydrogen (secondary N) is 1. The third-order valence-corrected chi connectivity index (χ3v) is 4.27. The minimum Gasteiger partial charge on any atom is -0.314 e. The summed E-state index contributed by atoms with van der Waals surface area (Å²) in [5.41, 5.74) is 0.842. The zero-order valence-corrected chi connectivity index (χ0v) is 13.9. The molecule has 114 valence electrons. The highest BCUT2D eigenvalue weighted by atomic mass is 79.9. The van der Waals surface area contributed by atoms with Crippen LogP contribution in [0.4, 0.5) is 8.78 Å². The molecule has 1 aliphatic rings. The highest BCUT2D eigenvalue weighted by Gasteiger charge is 2.27. The van der Waals surface area contributed by atoms with E-state index in [0.29, 0.717) is 5.02 Å². The lowest BCUT2D eigenvalue weighted by Gasteiger charge is -2.35. The third-order valence-electron chi connectivity index (χ3n) is 3.31. The molecule has 0 saturated carbocycles. The number of hydrogen-bond donors (Lipinski definition) is 1. The van der Waals surface area contributed by atoms with Crippen LogP contribution in [0.15, 0.2) is 22.7 Å². The maximum atomic E-state index is 12.9. The van der Waals surface area contributed by atoms with Crippen LogP contribution in [-0.4, -0.2) is 37.5 Å². The van der Waals surface area contributed by atoms with Crippen molar-refractivity contribution < 1.29 is 8.78 Å². The van der Waals surface area contributed by atoms with E-state index in [4.69, 9.17) is 11.6 Å². The second-order valence-electron chi connectivity index (χ2n) is 4.59. The van der Waals surface area contributed by atoms with Gasteiger partial charge in [0.05, 0.1) is 0 Å². The van der Waals surface area contributed by atoms with Crippen LogP contribution in [0, 0.1) is 0 Å². The average molecular weight is 390 g/mol. The minimum absolute atomic E-state index is 0. The molecule has 0 bridgehead atoms. The van der Waals surface area contributed by atoms with E-state index in [0.717, 1.165) is 36.2 Å². The van der Waals surface area contributed by atoms with Crippen molar-refractivity contribution in [2.45, 2.75) is 18.9 Å². The van der Waals surface area contributed by atoms with Gasteiger partial charge in [0.25, 0.3) is 0 Å². The summed E-state index contributed by atoms with van der Waals surface area (Å²) in [5, 5.41) is 3.81. The Morgan fingerprint density at radius 1 is 1.30 bits per heavy atom. The third kappa shape index (κ3) is 4.81. The van der Waals surface area contributed by atoms with Gasteiger partial charge in [-0.15, -0.1) is 12.4 Å². The van der Waals surface area contributed by atoms with Crippen molar-refractivity contribution in [3.05, 3.63) is 33.3 Å². The van der Waals surface area contributed by atoms with Gasteiger partial charge >= 0.3 is 0 Å². The van der Waals surface area contributed by atoms with Gasteiger partial charge in [0.2, 0.25) is 6.43 Å². The second kappa shape index (κ2) is 8.49. The van der Waals surface area contributed by atoms with Crippen LogP contribution in [-0.2, 0) is 0 Å². The molecule has 1 aromatic rings. The lowest BCUT2D eigenvalue weighted by molar-refractivity contribution is 0.0736. The molecule has 0 radical (unpaired) electrons. The minimum atomic E-state index is -2.33. The van der Waals surface area contributed by atoms with Crippen LogP contribution in [0.1, 0.15) is 18.0 Å². The molecule has 2 rings (SSSR count). The predicted molar refractivity (Wildman–Crippen MR) is 84.2 cm³/mol. The maximum Gasteiger partial charge on any atom is 0.240 e. The number of hydrogen-bond acceptors (Lipinski definition) is 2. The van der Waals surface area contributed by atoms with Crippen LogP contribution in [0.3, 0.4) is 0 Å². The molecular weight excluding hydrogens is 373 g/mol. The summed E-state index contributed by atoms with van der Waals surface area (Å²) in [6, 6.07) is 5.06. The first-order valence-electron chi connectivity index (χ1n) is 6.26. The molecule has 7 heteroatoms. The molecule has 1 saturated heterocycles. The van der Waals surface area contributed by atoms with E-state index in [1.807, 2.05) is 6.07 Å². The van der Waals surface area contributed by atoms with Crippen LogP contribution in [0.25, 0.3) is 0 Å². The van der Waals surface area contributed by atoms with E-state index in [9.17, 15) is 8.78 Å². The molecule has 0 unspecified atom stereocenters. The summed E-state index contributed by atoms with van der Waals surface area (Å²) in [6.45, 7) is 3.21. The van der Waals surface area contributed by atoms with Crippen LogP contribution in [0.2, 0.25) is 5.02 Å². The Kier molecular flexibility index (Phi) is 7.69. The fourth-order valence-electron chi connectivity index (χ4n) is 2.41. The Labute approximate surface area is 137 Å². The Morgan fingerprint density at radius 2 is 1.95 bits per heavy atom. The molecular formula is C13H17BrCl2F2N2. The highest BCUT2D eigenvalue weighted by molar-refractivity contribution is 9.10. The normalized spacial score (nSPS) is 17.9. The van der Waals surface area contributed by atoms with Gasteiger partial charge in [-0.25, -0.2) is 8.78 Å². The number of rotatable bonds is 4. The van der Waals surface area contributed by atoms with E-state index >= 15 is 0 Å². The van der Waals surface area contributed by atoms with E-state index < -0.39 is 6.43 Å². The van der Waals surface area contributed by atoms with Crippen molar-refractivity contribution in [3.8, 4) is 0 Å². The number of benzene rings is 1. The van der Waals surface area contributed by atoms with Gasteiger partial charge in [-0.2, -0.15) is 0 Å². The van der Waals surface area contributed by atoms with Crippen LogP contribution < -0.4 is 5.32 Å². The van der Waals surface area contributed by atoms with E-state index in [1.165, 1.54) is 0 Å². The Balaban J connectivity index is 0.00000200. The smallest absolute Gasteiger partial charge is 0.240 e. The quantitative estimate of drug-likeness (QED) is 0.832. The summed E-state index contributed by atoms with van der Waals surface area (Å²) < 4.78 is 26.6. The lowest BCUT2D eigenvalue weighted by atomic mass is 10.0. The topological polar surface area (TPSA) is 15.3 Å². The molecule has 1 fully saturated rings. The van der Waals surface area contributed by atoms with Gasteiger partial charge in [-0.3, -0.25) is 4.90 Å². The second-order valence-corrected chi connectivity index (χ2v) is 5.89. The maximum absolute atomic E-state index is 12.9. The van der Waals surface area contributed by atoms with E-state index in [-0.39, 0.29) is 24.9 Å². The largest absolute Gasteiger partial charge is 0.314 e. The fourth-order valence-corrected chi connectivity index (χ4v) is 3.10. The Bertz CT molecular complexity index is 429. The summed E-state index contributed by atoms with van der Waals surface area (Å²) >= 11 is 9.44. The molecule has 1 atom stereocenters. The lowest BCUT2D eigenvalue weighted by Crippen LogP contribution is -2.45. The molecule has 1 heterocycles. The fraction of sp³-hybridized carbons (Fsp3) is 0.538. The van der Waals surface area contributed by atoms with Crippen molar-refractivity contribution in [1.82, 2.24) is 10.2 Å². The number of piperazine rings is 1. The van der Waals surface area contributed by atoms with Crippen molar-refractivity contribution in [3.63, 3.8) is 0 Å².